The summed E-state index contributed by atoms with van der Waals surface area (Å²) in [4.78, 5) is 13.3. The first-order chi connectivity index (χ1) is 14.5. The fourth-order valence-electron chi connectivity index (χ4n) is 3.40. The lowest BCUT2D eigenvalue weighted by Crippen LogP contribution is -2.27. The standard InChI is InChI=1S/C23H18BrClN2O3/c1-30-18-9-4-14(5-10-18)20-13-21(15-2-6-16(24)7-3-15)27(26-20)23(29)19-12-17(25)8-11-22(19)28/h2-12,21,28H,13H2,1H3. The lowest BCUT2D eigenvalue weighted by Gasteiger charge is -2.22. The maximum atomic E-state index is 13.3. The van der Waals surface area contributed by atoms with Crippen molar-refractivity contribution in [3.63, 3.8) is 0 Å². The predicted octanol–water partition coefficient (Wildman–Crippen LogP) is 5.81. The maximum absolute atomic E-state index is 13.3. The third-order valence-corrected chi connectivity index (χ3v) is 5.75. The number of amides is 1. The summed E-state index contributed by atoms with van der Waals surface area (Å²) in [5.74, 6) is 0.206. The molecule has 0 aliphatic carbocycles. The van der Waals surface area contributed by atoms with Crippen molar-refractivity contribution in [2.75, 3.05) is 7.11 Å². The fraction of sp³-hybridized carbons (Fsp3) is 0.130. The summed E-state index contributed by atoms with van der Waals surface area (Å²) in [6, 6.07) is 19.4. The number of halogens is 2. The summed E-state index contributed by atoms with van der Waals surface area (Å²) in [6.45, 7) is 0. The number of phenolic OH excluding ortho intramolecular Hbond substituents is 1. The number of aromatic hydroxyl groups is 1. The Morgan fingerprint density at radius 3 is 2.50 bits per heavy atom. The number of hydrogen-bond acceptors (Lipinski definition) is 4. The van der Waals surface area contributed by atoms with Crippen molar-refractivity contribution in [3.8, 4) is 11.5 Å². The van der Waals surface area contributed by atoms with Gasteiger partial charge in [-0.3, -0.25) is 4.79 Å². The largest absolute Gasteiger partial charge is 0.507 e. The molecule has 0 fully saturated rings. The molecule has 0 aromatic heterocycles. The van der Waals surface area contributed by atoms with Crippen LogP contribution in [-0.4, -0.2) is 28.8 Å². The Morgan fingerprint density at radius 1 is 1.13 bits per heavy atom. The van der Waals surface area contributed by atoms with Gasteiger partial charge in [-0.05, 0) is 65.7 Å². The average Bonchev–Trinajstić information content (AvgIpc) is 3.21. The van der Waals surface area contributed by atoms with Crippen LogP contribution in [0.15, 0.2) is 76.3 Å². The molecule has 1 amide bonds. The number of methoxy groups -OCH3 is 1. The van der Waals surface area contributed by atoms with Crippen molar-refractivity contribution in [2.24, 2.45) is 5.10 Å². The summed E-state index contributed by atoms with van der Waals surface area (Å²) >= 11 is 9.50. The van der Waals surface area contributed by atoms with Gasteiger partial charge in [-0.2, -0.15) is 5.10 Å². The smallest absolute Gasteiger partial charge is 0.278 e. The molecule has 1 heterocycles. The Balaban J connectivity index is 1.74. The van der Waals surface area contributed by atoms with Crippen LogP contribution in [0.5, 0.6) is 11.5 Å². The van der Waals surface area contributed by atoms with E-state index in [1.54, 1.807) is 7.11 Å². The van der Waals surface area contributed by atoms with Crippen molar-refractivity contribution < 1.29 is 14.6 Å². The number of carbonyl (C=O) groups is 1. The molecule has 1 N–H and O–H groups in total. The minimum atomic E-state index is -0.411. The third kappa shape index (κ3) is 4.06. The number of benzene rings is 3. The minimum absolute atomic E-state index is 0.115. The first-order valence-electron chi connectivity index (χ1n) is 9.25. The second-order valence-corrected chi connectivity index (χ2v) is 8.21. The van der Waals surface area contributed by atoms with Crippen LogP contribution in [0, 0.1) is 0 Å². The van der Waals surface area contributed by atoms with Gasteiger partial charge in [-0.1, -0.05) is 39.7 Å². The van der Waals surface area contributed by atoms with Gasteiger partial charge in [0.1, 0.15) is 11.5 Å². The number of nitrogens with zero attached hydrogens (tertiary/aromatic N) is 2. The van der Waals surface area contributed by atoms with Gasteiger partial charge in [0.25, 0.3) is 5.91 Å². The zero-order valence-electron chi connectivity index (χ0n) is 16.0. The number of hydrogen-bond donors (Lipinski definition) is 1. The van der Waals surface area contributed by atoms with E-state index in [-0.39, 0.29) is 17.4 Å². The Bertz CT molecular complexity index is 1110. The van der Waals surface area contributed by atoms with Gasteiger partial charge in [0.05, 0.1) is 24.4 Å². The molecular weight excluding hydrogens is 468 g/mol. The van der Waals surface area contributed by atoms with Crippen LogP contribution < -0.4 is 4.74 Å². The van der Waals surface area contributed by atoms with Crippen molar-refractivity contribution in [1.82, 2.24) is 5.01 Å². The molecule has 3 aromatic carbocycles. The lowest BCUT2D eigenvalue weighted by atomic mass is 9.98. The van der Waals surface area contributed by atoms with Crippen LogP contribution in [0.3, 0.4) is 0 Å². The van der Waals surface area contributed by atoms with E-state index in [1.807, 2.05) is 48.5 Å². The molecule has 1 atom stereocenters. The van der Waals surface area contributed by atoms with Gasteiger partial charge in [0.15, 0.2) is 0 Å². The van der Waals surface area contributed by atoms with Crippen LogP contribution in [0.4, 0.5) is 0 Å². The molecule has 30 heavy (non-hydrogen) atoms. The number of hydrazone groups is 1. The molecule has 1 aliphatic heterocycles. The summed E-state index contributed by atoms with van der Waals surface area (Å²) in [6.07, 6.45) is 0.543. The van der Waals surface area contributed by atoms with E-state index in [9.17, 15) is 9.90 Å². The van der Waals surface area contributed by atoms with Gasteiger partial charge in [0.2, 0.25) is 0 Å². The molecule has 0 saturated heterocycles. The molecule has 4 rings (SSSR count). The van der Waals surface area contributed by atoms with E-state index < -0.39 is 5.91 Å². The lowest BCUT2D eigenvalue weighted by molar-refractivity contribution is 0.0708. The van der Waals surface area contributed by atoms with Crippen molar-refractivity contribution >= 4 is 39.1 Å². The zero-order chi connectivity index (χ0) is 21.3. The molecular formula is C23H18BrClN2O3. The second kappa shape index (κ2) is 8.50. The highest BCUT2D eigenvalue weighted by Crippen LogP contribution is 2.36. The van der Waals surface area contributed by atoms with Crippen LogP contribution in [0.1, 0.15) is 33.9 Å². The Hall–Kier alpha value is -2.83. The monoisotopic (exact) mass is 484 g/mol. The highest BCUT2D eigenvalue weighted by Gasteiger charge is 2.34. The number of phenols is 1. The van der Waals surface area contributed by atoms with E-state index in [2.05, 4.69) is 21.0 Å². The molecule has 0 radical (unpaired) electrons. The summed E-state index contributed by atoms with van der Waals surface area (Å²) in [5.41, 5.74) is 2.74. The average molecular weight is 486 g/mol. The molecule has 0 spiro atoms. The minimum Gasteiger partial charge on any atom is -0.507 e. The summed E-state index contributed by atoms with van der Waals surface area (Å²) in [7, 11) is 1.61. The van der Waals surface area contributed by atoms with E-state index in [4.69, 9.17) is 16.3 Å². The first kappa shape index (κ1) is 20.4. The van der Waals surface area contributed by atoms with Crippen LogP contribution in [-0.2, 0) is 0 Å². The third-order valence-electron chi connectivity index (χ3n) is 4.99. The highest BCUT2D eigenvalue weighted by molar-refractivity contribution is 9.10. The predicted molar refractivity (Wildman–Crippen MR) is 120 cm³/mol. The van der Waals surface area contributed by atoms with E-state index in [0.29, 0.717) is 11.4 Å². The molecule has 0 bridgehead atoms. The van der Waals surface area contributed by atoms with Crippen molar-refractivity contribution in [3.05, 3.63) is 92.9 Å². The Morgan fingerprint density at radius 2 is 1.83 bits per heavy atom. The molecule has 5 nitrogen and oxygen atoms in total. The first-order valence-corrected chi connectivity index (χ1v) is 10.4. The molecule has 7 heteroatoms. The topological polar surface area (TPSA) is 62.1 Å². The quantitative estimate of drug-likeness (QED) is 0.507. The van der Waals surface area contributed by atoms with E-state index in [1.165, 1.54) is 23.2 Å². The summed E-state index contributed by atoms with van der Waals surface area (Å²) in [5, 5.41) is 16.7. The number of carbonyl (C=O) groups excluding carboxylic acids is 1. The second-order valence-electron chi connectivity index (χ2n) is 6.86. The fourth-order valence-corrected chi connectivity index (χ4v) is 3.84. The number of rotatable bonds is 4. The molecule has 0 saturated carbocycles. The normalized spacial score (nSPS) is 15.8. The van der Waals surface area contributed by atoms with Gasteiger partial charge < -0.3 is 9.84 Å². The van der Waals surface area contributed by atoms with Gasteiger partial charge in [-0.15, -0.1) is 0 Å². The van der Waals surface area contributed by atoms with Crippen molar-refractivity contribution in [2.45, 2.75) is 12.5 Å². The Kier molecular flexibility index (Phi) is 5.79. The van der Waals surface area contributed by atoms with E-state index >= 15 is 0 Å². The molecule has 1 unspecified atom stereocenters. The SMILES string of the molecule is COc1ccc(C2=NN(C(=O)c3cc(Cl)ccc3O)C(c3ccc(Br)cc3)C2)cc1. The van der Waals surface area contributed by atoms with Crippen LogP contribution >= 0.6 is 27.5 Å². The van der Waals surface area contributed by atoms with Gasteiger partial charge in [0, 0.05) is 15.9 Å². The van der Waals surface area contributed by atoms with Gasteiger partial charge in [-0.25, -0.2) is 5.01 Å². The molecule has 1 aliphatic rings. The van der Waals surface area contributed by atoms with Crippen LogP contribution in [0.25, 0.3) is 0 Å². The molecule has 3 aromatic rings. The highest BCUT2D eigenvalue weighted by atomic mass is 79.9. The molecule has 152 valence electrons. The number of ether oxygens (including phenoxy) is 1. The van der Waals surface area contributed by atoms with E-state index in [0.717, 1.165) is 27.1 Å². The Labute approximate surface area is 187 Å². The zero-order valence-corrected chi connectivity index (χ0v) is 18.4. The van der Waals surface area contributed by atoms with Crippen molar-refractivity contribution in [1.29, 1.82) is 0 Å². The summed E-state index contributed by atoms with van der Waals surface area (Å²) < 4.78 is 6.18. The maximum Gasteiger partial charge on any atom is 0.278 e. The van der Waals surface area contributed by atoms with Crippen LogP contribution in [0.2, 0.25) is 5.02 Å². The van der Waals surface area contributed by atoms with Gasteiger partial charge >= 0.3 is 0 Å².